The number of rotatable bonds is 5. The highest BCUT2D eigenvalue weighted by molar-refractivity contribution is 5.76. The molecule has 0 amide bonds. The van der Waals surface area contributed by atoms with Crippen LogP contribution in [0, 0.1) is 5.41 Å². The average molecular weight is 361 g/mol. The molecule has 0 unspecified atom stereocenters. The smallest absolute Gasteiger partial charge is 0.309 e. The number of fused-ring (bicyclic) bond motifs is 1. The molecule has 1 saturated heterocycles. The number of benzene rings is 2. The van der Waals surface area contributed by atoms with Crippen LogP contribution in [0.3, 0.4) is 0 Å². The largest absolute Gasteiger partial charge is 0.481 e. The summed E-state index contributed by atoms with van der Waals surface area (Å²) in [5, 5.41) is 9.92. The number of carboxylic acids is 1. The van der Waals surface area contributed by atoms with Crippen molar-refractivity contribution < 1.29 is 9.90 Å². The number of para-hydroxylation sites is 2. The average Bonchev–Trinajstić information content (AvgIpc) is 2.73. The molecule has 5 heteroatoms. The summed E-state index contributed by atoms with van der Waals surface area (Å²) >= 11 is 0. The predicted molar refractivity (Wildman–Crippen MR) is 106 cm³/mol. The summed E-state index contributed by atoms with van der Waals surface area (Å²) in [4.78, 5) is 23.4. The van der Waals surface area contributed by atoms with Gasteiger partial charge in [-0.25, -0.2) is 4.98 Å². The SMILES string of the molecule is O=C(O)C1(CCc2ccccc2)CCN(c2cnc3ccccc3n2)CC1. The van der Waals surface area contributed by atoms with Crippen LogP contribution in [0.15, 0.2) is 60.8 Å². The zero-order valence-corrected chi connectivity index (χ0v) is 15.2. The number of anilines is 1. The Labute approximate surface area is 158 Å². The number of piperidine rings is 1. The van der Waals surface area contributed by atoms with Crippen LogP contribution >= 0.6 is 0 Å². The van der Waals surface area contributed by atoms with Gasteiger partial charge in [0, 0.05) is 13.1 Å². The molecule has 1 N–H and O–H groups in total. The van der Waals surface area contributed by atoms with E-state index in [1.54, 1.807) is 6.20 Å². The van der Waals surface area contributed by atoms with Gasteiger partial charge in [-0.2, -0.15) is 0 Å². The number of nitrogens with zero attached hydrogens (tertiary/aromatic N) is 3. The fourth-order valence-corrected chi connectivity index (χ4v) is 3.86. The van der Waals surface area contributed by atoms with Crippen LogP contribution in [0.4, 0.5) is 5.82 Å². The Bertz CT molecular complexity index is 934. The molecule has 0 saturated carbocycles. The summed E-state index contributed by atoms with van der Waals surface area (Å²) in [5.74, 6) is 0.151. The molecule has 2 aromatic carbocycles. The fourth-order valence-electron chi connectivity index (χ4n) is 3.86. The molecular weight excluding hydrogens is 338 g/mol. The summed E-state index contributed by atoms with van der Waals surface area (Å²) in [6, 6.07) is 17.9. The molecule has 1 aromatic heterocycles. The molecule has 0 radical (unpaired) electrons. The van der Waals surface area contributed by atoms with Crippen molar-refractivity contribution in [1.82, 2.24) is 9.97 Å². The summed E-state index contributed by atoms with van der Waals surface area (Å²) < 4.78 is 0. The van der Waals surface area contributed by atoms with Gasteiger partial charge in [0.05, 0.1) is 22.6 Å². The fraction of sp³-hybridized carbons (Fsp3) is 0.318. The highest BCUT2D eigenvalue weighted by Gasteiger charge is 2.41. The minimum Gasteiger partial charge on any atom is -0.481 e. The molecule has 2 heterocycles. The van der Waals surface area contributed by atoms with E-state index in [2.05, 4.69) is 22.0 Å². The number of aromatic nitrogens is 2. The first-order chi connectivity index (χ1) is 13.2. The molecule has 0 bridgehead atoms. The van der Waals surface area contributed by atoms with Gasteiger partial charge >= 0.3 is 5.97 Å². The molecule has 138 valence electrons. The van der Waals surface area contributed by atoms with Crippen LogP contribution in [0.5, 0.6) is 0 Å². The normalized spacial score (nSPS) is 16.4. The first-order valence-corrected chi connectivity index (χ1v) is 9.40. The Morgan fingerprint density at radius 1 is 1.00 bits per heavy atom. The lowest BCUT2D eigenvalue weighted by atomic mass is 9.74. The minimum absolute atomic E-state index is 0.629. The standard InChI is InChI=1S/C22H23N3O2/c26-21(27)22(11-10-17-6-2-1-3-7-17)12-14-25(15-13-22)20-16-23-18-8-4-5-9-19(18)24-20/h1-9,16H,10-15H2,(H,26,27). The Morgan fingerprint density at radius 3 is 2.37 bits per heavy atom. The second kappa shape index (κ2) is 7.35. The van der Waals surface area contributed by atoms with Gasteiger partial charge in [0.25, 0.3) is 0 Å². The molecule has 1 aliphatic rings. The zero-order valence-electron chi connectivity index (χ0n) is 15.2. The van der Waals surface area contributed by atoms with E-state index >= 15 is 0 Å². The third kappa shape index (κ3) is 3.63. The number of hydrogen-bond acceptors (Lipinski definition) is 4. The summed E-state index contributed by atoms with van der Waals surface area (Å²) in [7, 11) is 0. The molecule has 0 spiro atoms. The van der Waals surface area contributed by atoms with Gasteiger partial charge in [-0.3, -0.25) is 9.78 Å². The van der Waals surface area contributed by atoms with Crippen molar-refractivity contribution in [2.45, 2.75) is 25.7 Å². The maximum absolute atomic E-state index is 12.1. The molecule has 5 nitrogen and oxygen atoms in total. The number of aliphatic carboxylic acids is 1. The molecule has 1 aliphatic heterocycles. The van der Waals surface area contributed by atoms with Gasteiger partial charge in [0.1, 0.15) is 5.82 Å². The van der Waals surface area contributed by atoms with Crippen LogP contribution in [0.25, 0.3) is 11.0 Å². The number of carboxylic acid groups (broad SMARTS) is 1. The maximum Gasteiger partial charge on any atom is 0.309 e. The van der Waals surface area contributed by atoms with Crippen molar-refractivity contribution >= 4 is 22.8 Å². The monoisotopic (exact) mass is 361 g/mol. The van der Waals surface area contributed by atoms with Crippen LogP contribution in [-0.4, -0.2) is 34.1 Å². The van der Waals surface area contributed by atoms with Gasteiger partial charge in [-0.1, -0.05) is 42.5 Å². The van der Waals surface area contributed by atoms with Gasteiger partial charge in [-0.05, 0) is 43.4 Å². The Morgan fingerprint density at radius 2 is 1.67 bits per heavy atom. The lowest BCUT2D eigenvalue weighted by Crippen LogP contribution is -2.45. The van der Waals surface area contributed by atoms with E-state index in [4.69, 9.17) is 4.98 Å². The molecule has 0 aliphatic carbocycles. The second-order valence-corrected chi connectivity index (χ2v) is 7.28. The summed E-state index contributed by atoms with van der Waals surface area (Å²) in [6.45, 7) is 1.38. The van der Waals surface area contributed by atoms with Crippen LogP contribution in [0.1, 0.15) is 24.8 Å². The molecule has 1 fully saturated rings. The summed E-state index contributed by atoms with van der Waals surface area (Å²) in [5.41, 5.74) is 2.28. The van der Waals surface area contributed by atoms with Gasteiger partial charge < -0.3 is 10.0 Å². The molecule has 3 aromatic rings. The highest BCUT2D eigenvalue weighted by atomic mass is 16.4. The third-order valence-electron chi connectivity index (χ3n) is 5.67. The molecular formula is C22H23N3O2. The highest BCUT2D eigenvalue weighted by Crippen LogP contribution is 2.37. The second-order valence-electron chi connectivity index (χ2n) is 7.28. The minimum atomic E-state index is -0.678. The summed E-state index contributed by atoms with van der Waals surface area (Å²) in [6.07, 6.45) is 4.51. The molecule has 4 rings (SSSR count). The lowest BCUT2D eigenvalue weighted by Gasteiger charge is -2.39. The Hall–Kier alpha value is -2.95. The lowest BCUT2D eigenvalue weighted by molar-refractivity contribution is -0.150. The van der Waals surface area contributed by atoms with E-state index in [1.165, 1.54) is 5.56 Å². The predicted octanol–water partition coefficient (Wildman–Crippen LogP) is 3.93. The van der Waals surface area contributed by atoms with Crippen molar-refractivity contribution in [3.05, 3.63) is 66.4 Å². The number of hydrogen-bond donors (Lipinski definition) is 1. The van der Waals surface area contributed by atoms with E-state index < -0.39 is 11.4 Å². The van der Waals surface area contributed by atoms with Crippen molar-refractivity contribution in [1.29, 1.82) is 0 Å². The Kier molecular flexibility index (Phi) is 4.75. The van der Waals surface area contributed by atoms with E-state index in [1.807, 2.05) is 42.5 Å². The maximum atomic E-state index is 12.1. The van der Waals surface area contributed by atoms with Crippen molar-refractivity contribution in [3.63, 3.8) is 0 Å². The van der Waals surface area contributed by atoms with Crippen LogP contribution in [0.2, 0.25) is 0 Å². The first kappa shape index (κ1) is 17.5. The quantitative estimate of drug-likeness (QED) is 0.746. The van der Waals surface area contributed by atoms with Crippen molar-refractivity contribution in [2.24, 2.45) is 5.41 Å². The molecule has 27 heavy (non-hydrogen) atoms. The topological polar surface area (TPSA) is 66.3 Å². The zero-order chi connectivity index (χ0) is 18.7. The van der Waals surface area contributed by atoms with Crippen LogP contribution in [-0.2, 0) is 11.2 Å². The van der Waals surface area contributed by atoms with E-state index in [0.717, 1.165) is 23.3 Å². The third-order valence-corrected chi connectivity index (χ3v) is 5.67. The van der Waals surface area contributed by atoms with E-state index in [0.29, 0.717) is 32.4 Å². The Balaban J connectivity index is 1.46. The van der Waals surface area contributed by atoms with Crippen molar-refractivity contribution in [2.75, 3.05) is 18.0 Å². The van der Waals surface area contributed by atoms with E-state index in [9.17, 15) is 9.90 Å². The van der Waals surface area contributed by atoms with Gasteiger partial charge in [0.15, 0.2) is 0 Å². The number of aryl methyl sites for hydroxylation is 1. The van der Waals surface area contributed by atoms with Gasteiger partial charge in [-0.15, -0.1) is 0 Å². The van der Waals surface area contributed by atoms with Crippen LogP contribution < -0.4 is 4.90 Å². The van der Waals surface area contributed by atoms with E-state index in [-0.39, 0.29) is 0 Å². The first-order valence-electron chi connectivity index (χ1n) is 9.40. The van der Waals surface area contributed by atoms with Gasteiger partial charge in [0.2, 0.25) is 0 Å². The molecule has 0 atom stereocenters. The van der Waals surface area contributed by atoms with Crippen molar-refractivity contribution in [3.8, 4) is 0 Å². The number of carbonyl (C=O) groups is 1.